The third-order valence-electron chi connectivity index (χ3n) is 3.69. The Morgan fingerprint density at radius 3 is 2.50 bits per heavy atom. The highest BCUT2D eigenvalue weighted by Gasteiger charge is 2.30. The zero-order chi connectivity index (χ0) is 11.5. The van der Waals surface area contributed by atoms with Crippen molar-refractivity contribution in [2.45, 2.75) is 57.7 Å². The van der Waals surface area contributed by atoms with Gasteiger partial charge in [-0.3, -0.25) is 0 Å². The van der Waals surface area contributed by atoms with Crippen LogP contribution in [0.2, 0.25) is 0 Å². The van der Waals surface area contributed by atoms with Crippen LogP contribution in [0.4, 0.5) is 4.79 Å². The smallest absolute Gasteiger partial charge is 0.318 e. The van der Waals surface area contributed by atoms with Crippen molar-refractivity contribution in [3.63, 3.8) is 0 Å². The summed E-state index contributed by atoms with van der Waals surface area (Å²) in [5.74, 6) is 0. The SMILES string of the molecule is C[C@@H]1CCC[C@H](C)N1C(=O)NC1CCOC1. The van der Waals surface area contributed by atoms with Crippen LogP contribution in [0.1, 0.15) is 39.5 Å². The maximum atomic E-state index is 12.1. The highest BCUT2D eigenvalue weighted by Crippen LogP contribution is 2.22. The molecule has 0 aromatic heterocycles. The Morgan fingerprint density at radius 1 is 1.25 bits per heavy atom. The van der Waals surface area contributed by atoms with Gasteiger partial charge in [0.15, 0.2) is 0 Å². The minimum atomic E-state index is 0.0928. The zero-order valence-corrected chi connectivity index (χ0v) is 10.2. The average Bonchev–Trinajstić information content (AvgIpc) is 2.70. The molecule has 92 valence electrons. The van der Waals surface area contributed by atoms with E-state index in [2.05, 4.69) is 19.2 Å². The fourth-order valence-corrected chi connectivity index (χ4v) is 2.72. The quantitative estimate of drug-likeness (QED) is 0.740. The van der Waals surface area contributed by atoms with Gasteiger partial charge in [0.05, 0.1) is 12.6 Å². The van der Waals surface area contributed by atoms with Gasteiger partial charge in [-0.15, -0.1) is 0 Å². The van der Waals surface area contributed by atoms with Crippen LogP contribution >= 0.6 is 0 Å². The number of hydrogen-bond acceptors (Lipinski definition) is 2. The molecule has 0 aliphatic carbocycles. The molecule has 0 radical (unpaired) electrons. The Kier molecular flexibility index (Phi) is 3.69. The molecule has 4 nitrogen and oxygen atoms in total. The summed E-state index contributed by atoms with van der Waals surface area (Å²) < 4.78 is 5.27. The molecule has 1 N–H and O–H groups in total. The molecule has 1 unspecified atom stereocenters. The lowest BCUT2D eigenvalue weighted by Gasteiger charge is -2.39. The Hall–Kier alpha value is -0.770. The molecule has 2 amide bonds. The normalized spacial score (nSPS) is 35.1. The van der Waals surface area contributed by atoms with E-state index in [1.54, 1.807) is 0 Å². The standard InChI is InChI=1S/C12H22N2O2/c1-9-4-3-5-10(2)14(9)12(15)13-11-6-7-16-8-11/h9-11H,3-8H2,1-2H3,(H,13,15)/t9-,10+,11?. The topological polar surface area (TPSA) is 41.6 Å². The molecular weight excluding hydrogens is 204 g/mol. The summed E-state index contributed by atoms with van der Waals surface area (Å²) in [6, 6.07) is 1.04. The number of amides is 2. The lowest BCUT2D eigenvalue weighted by atomic mass is 9.98. The van der Waals surface area contributed by atoms with Gasteiger partial charge in [0.2, 0.25) is 0 Å². The number of urea groups is 1. The molecule has 0 saturated carbocycles. The molecular formula is C12H22N2O2. The first kappa shape index (κ1) is 11.7. The number of nitrogens with zero attached hydrogens (tertiary/aromatic N) is 1. The summed E-state index contributed by atoms with van der Waals surface area (Å²) in [6.45, 7) is 5.72. The van der Waals surface area contributed by atoms with Gasteiger partial charge < -0.3 is 15.0 Å². The van der Waals surface area contributed by atoms with E-state index in [0.717, 1.165) is 25.9 Å². The van der Waals surface area contributed by atoms with Gasteiger partial charge in [0.25, 0.3) is 0 Å². The lowest BCUT2D eigenvalue weighted by molar-refractivity contribution is 0.119. The molecule has 0 aromatic carbocycles. The van der Waals surface area contributed by atoms with Gasteiger partial charge in [-0.05, 0) is 39.5 Å². The van der Waals surface area contributed by atoms with E-state index in [1.165, 1.54) is 6.42 Å². The van der Waals surface area contributed by atoms with E-state index in [4.69, 9.17) is 4.74 Å². The van der Waals surface area contributed by atoms with Crippen LogP contribution in [-0.2, 0) is 4.74 Å². The van der Waals surface area contributed by atoms with Crippen LogP contribution in [0.25, 0.3) is 0 Å². The monoisotopic (exact) mass is 226 g/mol. The zero-order valence-electron chi connectivity index (χ0n) is 10.2. The number of piperidine rings is 1. The van der Waals surface area contributed by atoms with Gasteiger partial charge in [-0.2, -0.15) is 0 Å². The van der Waals surface area contributed by atoms with Crippen molar-refractivity contribution in [3.8, 4) is 0 Å². The van der Waals surface area contributed by atoms with E-state index in [1.807, 2.05) is 4.90 Å². The van der Waals surface area contributed by atoms with E-state index >= 15 is 0 Å². The highest BCUT2D eigenvalue weighted by atomic mass is 16.5. The summed E-state index contributed by atoms with van der Waals surface area (Å²) in [4.78, 5) is 14.1. The molecule has 2 aliphatic heterocycles. The van der Waals surface area contributed by atoms with Gasteiger partial charge in [-0.1, -0.05) is 0 Å². The predicted octanol–water partition coefficient (Wildman–Crippen LogP) is 1.75. The molecule has 2 heterocycles. The van der Waals surface area contributed by atoms with Gasteiger partial charge in [0, 0.05) is 18.7 Å². The maximum absolute atomic E-state index is 12.1. The average molecular weight is 226 g/mol. The van der Waals surface area contributed by atoms with Gasteiger partial charge >= 0.3 is 6.03 Å². The summed E-state index contributed by atoms with van der Waals surface area (Å²) >= 11 is 0. The molecule has 2 rings (SSSR count). The number of rotatable bonds is 1. The van der Waals surface area contributed by atoms with Gasteiger partial charge in [0.1, 0.15) is 0 Å². The number of likely N-dealkylation sites (tertiary alicyclic amines) is 1. The Morgan fingerprint density at radius 2 is 1.94 bits per heavy atom. The van der Waals surface area contributed by atoms with Crippen LogP contribution in [0, 0.1) is 0 Å². The Balaban J connectivity index is 1.90. The second-order valence-corrected chi connectivity index (χ2v) is 5.05. The first-order chi connectivity index (χ1) is 7.68. The highest BCUT2D eigenvalue weighted by molar-refractivity contribution is 5.75. The minimum Gasteiger partial charge on any atom is -0.379 e. The molecule has 2 saturated heterocycles. The summed E-state index contributed by atoms with van der Waals surface area (Å²) in [5.41, 5.74) is 0. The van der Waals surface area contributed by atoms with Crippen molar-refractivity contribution in [2.75, 3.05) is 13.2 Å². The van der Waals surface area contributed by atoms with Crippen molar-refractivity contribution < 1.29 is 9.53 Å². The number of ether oxygens (including phenoxy) is 1. The van der Waals surface area contributed by atoms with Crippen molar-refractivity contribution in [1.29, 1.82) is 0 Å². The molecule has 0 aromatic rings. The van der Waals surface area contributed by atoms with E-state index in [0.29, 0.717) is 18.7 Å². The molecule has 2 aliphatic rings. The summed E-state index contributed by atoms with van der Waals surface area (Å²) in [7, 11) is 0. The van der Waals surface area contributed by atoms with E-state index < -0.39 is 0 Å². The number of nitrogens with one attached hydrogen (secondary N) is 1. The van der Waals surface area contributed by atoms with Crippen LogP contribution in [0.15, 0.2) is 0 Å². The molecule has 3 atom stereocenters. The molecule has 0 spiro atoms. The minimum absolute atomic E-state index is 0.0928. The van der Waals surface area contributed by atoms with E-state index in [-0.39, 0.29) is 12.1 Å². The molecule has 16 heavy (non-hydrogen) atoms. The van der Waals surface area contributed by atoms with Crippen LogP contribution in [0.3, 0.4) is 0 Å². The predicted molar refractivity (Wildman–Crippen MR) is 62.4 cm³/mol. The second-order valence-electron chi connectivity index (χ2n) is 5.05. The fraction of sp³-hybridized carbons (Fsp3) is 0.917. The molecule has 4 heteroatoms. The third kappa shape index (κ3) is 2.48. The summed E-state index contributed by atoms with van der Waals surface area (Å²) in [5, 5.41) is 3.07. The van der Waals surface area contributed by atoms with Gasteiger partial charge in [-0.25, -0.2) is 4.79 Å². The first-order valence-corrected chi connectivity index (χ1v) is 6.35. The maximum Gasteiger partial charge on any atom is 0.318 e. The van der Waals surface area contributed by atoms with Crippen molar-refractivity contribution in [1.82, 2.24) is 10.2 Å². The Labute approximate surface area is 97.3 Å². The summed E-state index contributed by atoms with van der Waals surface area (Å²) in [6.07, 6.45) is 4.43. The first-order valence-electron chi connectivity index (χ1n) is 6.35. The second kappa shape index (κ2) is 5.04. The fourth-order valence-electron chi connectivity index (χ4n) is 2.72. The van der Waals surface area contributed by atoms with Crippen LogP contribution in [0.5, 0.6) is 0 Å². The number of carbonyl (C=O) groups excluding carboxylic acids is 1. The lowest BCUT2D eigenvalue weighted by Crippen LogP contribution is -2.54. The van der Waals surface area contributed by atoms with Crippen LogP contribution < -0.4 is 5.32 Å². The molecule has 2 fully saturated rings. The third-order valence-corrected chi connectivity index (χ3v) is 3.69. The van der Waals surface area contributed by atoms with Crippen molar-refractivity contribution in [3.05, 3.63) is 0 Å². The van der Waals surface area contributed by atoms with E-state index in [9.17, 15) is 4.79 Å². The van der Waals surface area contributed by atoms with Crippen molar-refractivity contribution >= 4 is 6.03 Å². The van der Waals surface area contributed by atoms with Crippen LogP contribution in [-0.4, -0.2) is 42.3 Å². The Bertz CT molecular complexity index is 241. The van der Waals surface area contributed by atoms with Crippen molar-refractivity contribution in [2.24, 2.45) is 0 Å². The number of carbonyl (C=O) groups is 1. The number of hydrogen-bond donors (Lipinski definition) is 1. The largest absolute Gasteiger partial charge is 0.379 e. The molecule has 0 bridgehead atoms.